The third kappa shape index (κ3) is 4.89. The summed E-state index contributed by atoms with van der Waals surface area (Å²) in [5.41, 5.74) is 8.25. The number of hydrogen-bond acceptors (Lipinski definition) is 4. The van der Waals surface area contributed by atoms with Crippen molar-refractivity contribution in [2.75, 3.05) is 17.7 Å². The normalized spacial score (nSPS) is 11.5. The van der Waals surface area contributed by atoms with E-state index in [1.165, 1.54) is 6.07 Å². The summed E-state index contributed by atoms with van der Waals surface area (Å²) >= 11 is 5.91. The van der Waals surface area contributed by atoms with Gasteiger partial charge in [-0.15, -0.1) is 0 Å². The van der Waals surface area contributed by atoms with Crippen LogP contribution in [0.1, 0.15) is 31.0 Å². The lowest BCUT2D eigenvalue weighted by molar-refractivity contribution is -0.136. The second-order valence-corrected chi connectivity index (χ2v) is 6.27. The summed E-state index contributed by atoms with van der Waals surface area (Å²) < 4.78 is 5.60. The smallest absolute Gasteiger partial charge is 0.313 e. The molecular formula is C19H22ClN3O3. The second kappa shape index (κ2) is 8.58. The van der Waals surface area contributed by atoms with E-state index in [1.807, 2.05) is 32.0 Å². The Labute approximate surface area is 157 Å². The summed E-state index contributed by atoms with van der Waals surface area (Å²) in [6, 6.07) is 9.92. The van der Waals surface area contributed by atoms with Gasteiger partial charge in [-0.05, 0) is 45.0 Å². The molecule has 138 valence electrons. The highest BCUT2D eigenvalue weighted by Gasteiger charge is 2.20. The molecule has 2 aromatic carbocycles. The monoisotopic (exact) mass is 375 g/mol. The van der Waals surface area contributed by atoms with Crippen molar-refractivity contribution in [2.24, 2.45) is 0 Å². The number of nitrogen functional groups attached to an aromatic ring is 1. The zero-order valence-corrected chi connectivity index (χ0v) is 15.7. The van der Waals surface area contributed by atoms with Gasteiger partial charge in [0.2, 0.25) is 0 Å². The second-order valence-electron chi connectivity index (χ2n) is 5.86. The molecule has 26 heavy (non-hydrogen) atoms. The number of anilines is 2. The molecule has 0 fully saturated rings. The van der Waals surface area contributed by atoms with Gasteiger partial charge < -0.3 is 21.1 Å². The van der Waals surface area contributed by atoms with E-state index < -0.39 is 17.9 Å². The maximum absolute atomic E-state index is 12.2. The van der Waals surface area contributed by atoms with Gasteiger partial charge >= 0.3 is 11.8 Å². The van der Waals surface area contributed by atoms with Gasteiger partial charge in [-0.3, -0.25) is 9.59 Å². The van der Waals surface area contributed by atoms with Crippen LogP contribution in [0.15, 0.2) is 36.4 Å². The fraction of sp³-hybridized carbons (Fsp3) is 0.263. The number of carbonyl (C=O) groups excluding carboxylic acids is 2. The molecule has 7 heteroatoms. The predicted octanol–water partition coefficient (Wildman–Crippen LogP) is 3.45. The zero-order chi connectivity index (χ0) is 19.3. The molecule has 2 amide bonds. The number of halogens is 1. The van der Waals surface area contributed by atoms with E-state index >= 15 is 0 Å². The summed E-state index contributed by atoms with van der Waals surface area (Å²) in [4.78, 5) is 24.3. The topological polar surface area (TPSA) is 93.4 Å². The molecule has 0 saturated carbocycles. The number of benzene rings is 2. The number of nitrogens with one attached hydrogen (secondary N) is 2. The summed E-state index contributed by atoms with van der Waals surface area (Å²) in [5, 5.41) is 5.48. The van der Waals surface area contributed by atoms with E-state index in [0.29, 0.717) is 28.8 Å². The van der Waals surface area contributed by atoms with Crippen molar-refractivity contribution < 1.29 is 14.3 Å². The molecule has 1 atom stereocenters. The SMILES string of the molecule is CCOc1ccc(C)cc1C(C)NC(=O)C(=O)Nc1ccc(N)c(Cl)c1. The van der Waals surface area contributed by atoms with Gasteiger partial charge in [-0.2, -0.15) is 0 Å². The number of amides is 2. The van der Waals surface area contributed by atoms with Crippen LogP contribution >= 0.6 is 11.6 Å². The lowest BCUT2D eigenvalue weighted by Crippen LogP contribution is -2.37. The van der Waals surface area contributed by atoms with Crippen molar-refractivity contribution in [1.29, 1.82) is 0 Å². The number of aryl methyl sites for hydroxylation is 1. The molecule has 0 aliphatic carbocycles. The molecule has 0 aliphatic rings. The van der Waals surface area contributed by atoms with Crippen LogP contribution in [0.2, 0.25) is 5.02 Å². The Hall–Kier alpha value is -2.73. The van der Waals surface area contributed by atoms with Crippen LogP contribution in [0.5, 0.6) is 5.75 Å². The first-order valence-electron chi connectivity index (χ1n) is 8.22. The van der Waals surface area contributed by atoms with Crippen molar-refractivity contribution in [3.05, 3.63) is 52.5 Å². The van der Waals surface area contributed by atoms with E-state index in [2.05, 4.69) is 10.6 Å². The molecule has 0 bridgehead atoms. The van der Waals surface area contributed by atoms with E-state index in [9.17, 15) is 9.59 Å². The quantitative estimate of drug-likeness (QED) is 0.551. The lowest BCUT2D eigenvalue weighted by atomic mass is 10.0. The molecule has 2 rings (SSSR count). The molecule has 2 aromatic rings. The minimum absolute atomic E-state index is 0.303. The van der Waals surface area contributed by atoms with Crippen LogP contribution in [0, 0.1) is 6.92 Å². The third-order valence-corrected chi connectivity index (χ3v) is 4.07. The van der Waals surface area contributed by atoms with Crippen LogP contribution in [-0.4, -0.2) is 18.4 Å². The maximum atomic E-state index is 12.2. The Balaban J connectivity index is 2.07. The molecule has 0 spiro atoms. The van der Waals surface area contributed by atoms with Crippen LogP contribution < -0.4 is 21.1 Å². The standard InChI is InChI=1S/C19H22ClN3O3/c1-4-26-17-8-5-11(2)9-14(17)12(3)22-18(24)19(25)23-13-6-7-16(21)15(20)10-13/h5-10,12H,4,21H2,1-3H3,(H,22,24)(H,23,25). The Morgan fingerprint density at radius 2 is 1.92 bits per heavy atom. The molecule has 0 aliphatic heterocycles. The van der Waals surface area contributed by atoms with Gasteiger partial charge in [-0.25, -0.2) is 0 Å². The molecule has 0 aromatic heterocycles. The summed E-state index contributed by atoms with van der Waals surface area (Å²) in [6.45, 7) is 6.14. The summed E-state index contributed by atoms with van der Waals surface area (Å²) in [7, 11) is 0. The van der Waals surface area contributed by atoms with Gasteiger partial charge in [0.1, 0.15) is 5.75 Å². The van der Waals surface area contributed by atoms with Gasteiger partial charge in [0.05, 0.1) is 23.4 Å². The fourth-order valence-electron chi connectivity index (χ4n) is 2.43. The van der Waals surface area contributed by atoms with Crippen molar-refractivity contribution >= 4 is 34.8 Å². The van der Waals surface area contributed by atoms with Crippen LogP contribution in [0.25, 0.3) is 0 Å². The van der Waals surface area contributed by atoms with Crippen molar-refractivity contribution in [3.8, 4) is 5.75 Å². The molecule has 6 nitrogen and oxygen atoms in total. The van der Waals surface area contributed by atoms with Crippen LogP contribution in [0.4, 0.5) is 11.4 Å². The Kier molecular flexibility index (Phi) is 6.46. The van der Waals surface area contributed by atoms with E-state index in [0.717, 1.165) is 11.1 Å². The number of hydrogen-bond donors (Lipinski definition) is 3. The highest BCUT2D eigenvalue weighted by Crippen LogP contribution is 2.26. The first-order valence-corrected chi connectivity index (χ1v) is 8.59. The molecule has 4 N–H and O–H groups in total. The minimum atomic E-state index is -0.789. The Morgan fingerprint density at radius 1 is 1.19 bits per heavy atom. The Bertz CT molecular complexity index is 824. The molecule has 0 saturated heterocycles. The predicted molar refractivity (Wildman–Crippen MR) is 103 cm³/mol. The van der Waals surface area contributed by atoms with Gasteiger partial charge in [-0.1, -0.05) is 29.3 Å². The summed E-state index contributed by atoms with van der Waals surface area (Å²) in [5.74, 6) is -0.866. The highest BCUT2D eigenvalue weighted by atomic mass is 35.5. The molecule has 1 unspecified atom stereocenters. The number of ether oxygens (including phenoxy) is 1. The lowest BCUT2D eigenvalue weighted by Gasteiger charge is -2.18. The minimum Gasteiger partial charge on any atom is -0.494 e. The van der Waals surface area contributed by atoms with Gasteiger partial charge in [0.15, 0.2) is 0 Å². The first-order chi connectivity index (χ1) is 12.3. The first kappa shape index (κ1) is 19.6. The van der Waals surface area contributed by atoms with Crippen LogP contribution in [-0.2, 0) is 9.59 Å². The maximum Gasteiger partial charge on any atom is 0.313 e. The van der Waals surface area contributed by atoms with E-state index in [-0.39, 0.29) is 0 Å². The highest BCUT2D eigenvalue weighted by molar-refractivity contribution is 6.40. The molecule has 0 heterocycles. The van der Waals surface area contributed by atoms with Crippen LogP contribution in [0.3, 0.4) is 0 Å². The average Bonchev–Trinajstić information content (AvgIpc) is 2.59. The van der Waals surface area contributed by atoms with Crippen molar-refractivity contribution in [1.82, 2.24) is 5.32 Å². The molecular weight excluding hydrogens is 354 g/mol. The largest absolute Gasteiger partial charge is 0.494 e. The number of carbonyl (C=O) groups is 2. The van der Waals surface area contributed by atoms with Crippen molar-refractivity contribution in [2.45, 2.75) is 26.8 Å². The van der Waals surface area contributed by atoms with Crippen molar-refractivity contribution in [3.63, 3.8) is 0 Å². The van der Waals surface area contributed by atoms with E-state index in [4.69, 9.17) is 22.1 Å². The fourth-order valence-corrected chi connectivity index (χ4v) is 2.61. The Morgan fingerprint density at radius 3 is 2.58 bits per heavy atom. The number of nitrogens with two attached hydrogens (primary N) is 1. The van der Waals surface area contributed by atoms with Gasteiger partial charge in [0, 0.05) is 11.3 Å². The van der Waals surface area contributed by atoms with E-state index in [1.54, 1.807) is 19.1 Å². The number of rotatable bonds is 5. The average molecular weight is 376 g/mol. The molecule has 0 radical (unpaired) electrons. The van der Waals surface area contributed by atoms with Gasteiger partial charge in [0.25, 0.3) is 0 Å². The summed E-state index contributed by atoms with van der Waals surface area (Å²) in [6.07, 6.45) is 0. The zero-order valence-electron chi connectivity index (χ0n) is 14.9. The third-order valence-electron chi connectivity index (χ3n) is 3.74.